The lowest BCUT2D eigenvalue weighted by atomic mass is 9.78. The van der Waals surface area contributed by atoms with Crippen molar-refractivity contribution in [3.05, 3.63) is 0 Å². The van der Waals surface area contributed by atoms with Crippen molar-refractivity contribution in [1.82, 2.24) is 4.90 Å². The molecule has 19 heavy (non-hydrogen) atoms. The molecule has 0 aromatic rings. The van der Waals surface area contributed by atoms with Gasteiger partial charge in [0.2, 0.25) is 0 Å². The Morgan fingerprint density at radius 3 is 2.42 bits per heavy atom. The molecule has 3 atom stereocenters. The Kier molecular flexibility index (Phi) is 5.28. The summed E-state index contributed by atoms with van der Waals surface area (Å²) in [5.74, 6) is 1.78. The van der Waals surface area contributed by atoms with Gasteiger partial charge in [0.1, 0.15) is 0 Å². The van der Waals surface area contributed by atoms with Gasteiger partial charge in [-0.05, 0) is 43.9 Å². The molecule has 2 nitrogen and oxygen atoms in total. The Morgan fingerprint density at radius 2 is 1.84 bits per heavy atom. The molecule has 0 aliphatic heterocycles. The van der Waals surface area contributed by atoms with Crippen LogP contribution >= 0.6 is 0 Å². The van der Waals surface area contributed by atoms with Crippen molar-refractivity contribution < 1.29 is 0 Å². The van der Waals surface area contributed by atoms with Gasteiger partial charge in [-0.1, -0.05) is 33.6 Å². The highest BCUT2D eigenvalue weighted by Crippen LogP contribution is 2.36. The van der Waals surface area contributed by atoms with E-state index < -0.39 is 0 Å². The first-order valence-corrected chi connectivity index (χ1v) is 8.27. The Labute approximate surface area is 119 Å². The van der Waals surface area contributed by atoms with E-state index in [0.717, 1.165) is 18.4 Å². The third kappa shape index (κ3) is 3.72. The molecule has 0 saturated heterocycles. The van der Waals surface area contributed by atoms with E-state index in [-0.39, 0.29) is 5.92 Å². The summed E-state index contributed by atoms with van der Waals surface area (Å²) in [6, 6.07) is 3.90. The lowest BCUT2D eigenvalue weighted by Gasteiger charge is -2.43. The smallest absolute Gasteiger partial charge is 0.0672 e. The third-order valence-corrected chi connectivity index (χ3v) is 5.04. The second-order valence-corrected chi connectivity index (χ2v) is 7.25. The summed E-state index contributed by atoms with van der Waals surface area (Å²) >= 11 is 0. The van der Waals surface area contributed by atoms with Crippen molar-refractivity contribution in [2.45, 2.75) is 77.8 Å². The second-order valence-electron chi connectivity index (χ2n) is 7.25. The maximum absolute atomic E-state index is 9.50. The molecule has 0 amide bonds. The molecule has 2 fully saturated rings. The van der Waals surface area contributed by atoms with Crippen molar-refractivity contribution in [3.8, 4) is 6.07 Å². The van der Waals surface area contributed by atoms with Crippen LogP contribution in [0, 0.1) is 29.1 Å². The van der Waals surface area contributed by atoms with E-state index in [2.05, 4.69) is 31.7 Å². The highest BCUT2D eigenvalue weighted by Gasteiger charge is 2.37. The van der Waals surface area contributed by atoms with E-state index in [9.17, 15) is 5.26 Å². The predicted molar refractivity (Wildman–Crippen MR) is 79.7 cm³/mol. The highest BCUT2D eigenvalue weighted by molar-refractivity contribution is 4.99. The average molecular weight is 262 g/mol. The SMILES string of the molecule is CC(C)CN(C1CCCC1)C1CC(C)CCC1C#N. The van der Waals surface area contributed by atoms with Crippen molar-refractivity contribution in [1.29, 1.82) is 5.26 Å². The largest absolute Gasteiger partial charge is 0.296 e. The zero-order chi connectivity index (χ0) is 13.8. The maximum Gasteiger partial charge on any atom is 0.0672 e. The van der Waals surface area contributed by atoms with Crippen molar-refractivity contribution in [2.24, 2.45) is 17.8 Å². The summed E-state index contributed by atoms with van der Waals surface area (Å²) in [6.45, 7) is 8.17. The van der Waals surface area contributed by atoms with Gasteiger partial charge in [0.15, 0.2) is 0 Å². The van der Waals surface area contributed by atoms with E-state index in [1.54, 1.807) is 0 Å². The highest BCUT2D eigenvalue weighted by atomic mass is 15.2. The topological polar surface area (TPSA) is 27.0 Å². The zero-order valence-corrected chi connectivity index (χ0v) is 12.9. The Morgan fingerprint density at radius 1 is 1.16 bits per heavy atom. The number of nitriles is 1. The molecule has 2 aliphatic carbocycles. The number of rotatable bonds is 4. The molecule has 0 spiro atoms. The van der Waals surface area contributed by atoms with Gasteiger partial charge in [-0.15, -0.1) is 0 Å². The molecular weight excluding hydrogens is 232 g/mol. The molecule has 2 saturated carbocycles. The lowest BCUT2D eigenvalue weighted by Crippen LogP contribution is -2.49. The zero-order valence-electron chi connectivity index (χ0n) is 12.9. The number of hydrogen-bond donors (Lipinski definition) is 0. The summed E-state index contributed by atoms with van der Waals surface area (Å²) in [4.78, 5) is 2.74. The molecule has 0 bridgehead atoms. The van der Waals surface area contributed by atoms with E-state index >= 15 is 0 Å². The van der Waals surface area contributed by atoms with Gasteiger partial charge in [-0.2, -0.15) is 5.26 Å². The van der Waals surface area contributed by atoms with Crippen LogP contribution in [0.2, 0.25) is 0 Å². The standard InChI is InChI=1S/C17H30N2/c1-13(2)12-19(16-6-4-5-7-16)17-10-14(3)8-9-15(17)11-18/h13-17H,4-10,12H2,1-3H3. The molecule has 0 aromatic carbocycles. The summed E-state index contributed by atoms with van der Waals surface area (Å²) in [5, 5.41) is 9.50. The first-order valence-electron chi connectivity index (χ1n) is 8.27. The first-order chi connectivity index (χ1) is 9.11. The molecule has 0 aromatic heterocycles. The van der Waals surface area contributed by atoms with E-state index in [0.29, 0.717) is 12.0 Å². The van der Waals surface area contributed by atoms with E-state index in [4.69, 9.17) is 0 Å². The van der Waals surface area contributed by atoms with Crippen LogP contribution in [0.1, 0.15) is 65.7 Å². The normalized spacial score (nSPS) is 32.9. The Bertz CT molecular complexity index is 312. The van der Waals surface area contributed by atoms with Gasteiger partial charge in [0.05, 0.1) is 12.0 Å². The fraction of sp³-hybridized carbons (Fsp3) is 0.941. The lowest BCUT2D eigenvalue weighted by molar-refractivity contribution is 0.0562. The third-order valence-electron chi connectivity index (χ3n) is 5.04. The Balaban J connectivity index is 2.12. The predicted octanol–water partition coefficient (Wildman–Crippen LogP) is 4.22. The number of nitrogens with zero attached hydrogens (tertiary/aromatic N) is 2. The Hall–Kier alpha value is -0.550. The van der Waals surface area contributed by atoms with Gasteiger partial charge < -0.3 is 0 Å². The van der Waals surface area contributed by atoms with Crippen LogP contribution in [0.4, 0.5) is 0 Å². The quantitative estimate of drug-likeness (QED) is 0.758. The summed E-state index contributed by atoms with van der Waals surface area (Å²) in [7, 11) is 0. The van der Waals surface area contributed by atoms with Crippen LogP contribution in [-0.4, -0.2) is 23.5 Å². The molecule has 2 heteroatoms. The first kappa shape index (κ1) is 14.9. The van der Waals surface area contributed by atoms with Crippen LogP contribution in [0.25, 0.3) is 0 Å². The monoisotopic (exact) mass is 262 g/mol. The fourth-order valence-corrected chi connectivity index (χ4v) is 4.08. The molecule has 2 aliphatic rings. The van der Waals surface area contributed by atoms with Gasteiger partial charge in [0.25, 0.3) is 0 Å². The van der Waals surface area contributed by atoms with Gasteiger partial charge in [-0.25, -0.2) is 0 Å². The minimum atomic E-state index is 0.274. The fourth-order valence-electron chi connectivity index (χ4n) is 4.08. The van der Waals surface area contributed by atoms with Gasteiger partial charge >= 0.3 is 0 Å². The summed E-state index contributed by atoms with van der Waals surface area (Å²) in [6.07, 6.45) is 9.09. The molecule has 2 rings (SSSR count). The maximum atomic E-state index is 9.50. The minimum absolute atomic E-state index is 0.274. The van der Waals surface area contributed by atoms with E-state index in [1.165, 1.54) is 45.1 Å². The van der Waals surface area contributed by atoms with Crippen LogP contribution < -0.4 is 0 Å². The molecule has 0 heterocycles. The summed E-state index contributed by atoms with van der Waals surface area (Å²) < 4.78 is 0. The molecule has 0 radical (unpaired) electrons. The second kappa shape index (κ2) is 6.75. The van der Waals surface area contributed by atoms with Crippen LogP contribution in [-0.2, 0) is 0 Å². The van der Waals surface area contributed by atoms with Crippen molar-refractivity contribution in [3.63, 3.8) is 0 Å². The molecule has 3 unspecified atom stereocenters. The van der Waals surface area contributed by atoms with E-state index in [1.807, 2.05) is 0 Å². The van der Waals surface area contributed by atoms with Crippen LogP contribution in [0.15, 0.2) is 0 Å². The van der Waals surface area contributed by atoms with Gasteiger partial charge in [0, 0.05) is 18.6 Å². The molecular formula is C17H30N2. The van der Waals surface area contributed by atoms with Gasteiger partial charge in [-0.3, -0.25) is 4.90 Å². The van der Waals surface area contributed by atoms with Crippen LogP contribution in [0.3, 0.4) is 0 Å². The van der Waals surface area contributed by atoms with Crippen molar-refractivity contribution >= 4 is 0 Å². The summed E-state index contributed by atoms with van der Waals surface area (Å²) in [5.41, 5.74) is 0. The molecule has 108 valence electrons. The minimum Gasteiger partial charge on any atom is -0.296 e. The average Bonchev–Trinajstić information content (AvgIpc) is 2.89. The number of hydrogen-bond acceptors (Lipinski definition) is 2. The van der Waals surface area contributed by atoms with Crippen molar-refractivity contribution in [2.75, 3.05) is 6.54 Å². The van der Waals surface area contributed by atoms with Crippen LogP contribution in [0.5, 0.6) is 0 Å². The molecule has 0 N–H and O–H groups in total.